The lowest BCUT2D eigenvalue weighted by molar-refractivity contribution is 0.0377. The van der Waals surface area contributed by atoms with E-state index in [9.17, 15) is 4.79 Å². The van der Waals surface area contributed by atoms with Crippen molar-refractivity contribution < 1.29 is 9.53 Å². The maximum atomic E-state index is 12.6. The number of hydrogen-bond donors (Lipinski definition) is 1. The first-order chi connectivity index (χ1) is 18.3. The average molecular weight is 507 g/mol. The van der Waals surface area contributed by atoms with Gasteiger partial charge in [-0.15, -0.1) is 5.10 Å². The Morgan fingerprint density at radius 1 is 0.947 bits per heavy atom. The molecular weight excluding hydrogens is 476 g/mol. The van der Waals surface area contributed by atoms with Crippen LogP contribution in [0.15, 0.2) is 85.2 Å². The van der Waals surface area contributed by atoms with Gasteiger partial charge < -0.3 is 10.1 Å². The second-order valence-corrected chi connectivity index (χ2v) is 10.7. The zero-order valence-electron chi connectivity index (χ0n) is 21.8. The van der Waals surface area contributed by atoms with Crippen molar-refractivity contribution in [2.75, 3.05) is 0 Å². The van der Waals surface area contributed by atoms with Gasteiger partial charge in [-0.2, -0.15) is 5.10 Å². The predicted molar refractivity (Wildman–Crippen MR) is 146 cm³/mol. The molecule has 8 nitrogen and oxygen atoms in total. The lowest BCUT2D eigenvalue weighted by Crippen LogP contribution is -2.52. The van der Waals surface area contributed by atoms with Gasteiger partial charge in [0.1, 0.15) is 11.3 Å². The topological polar surface area (TPSA) is 86.3 Å². The molecule has 1 saturated carbocycles. The van der Waals surface area contributed by atoms with Crippen LogP contribution in [-0.2, 0) is 10.3 Å². The number of fused-ring (bicyclic) bond motifs is 1. The van der Waals surface area contributed by atoms with E-state index in [0.717, 1.165) is 53.0 Å². The van der Waals surface area contributed by atoms with E-state index in [-0.39, 0.29) is 6.09 Å². The van der Waals surface area contributed by atoms with Gasteiger partial charge in [0.25, 0.3) is 0 Å². The molecular formula is C30H30N6O2. The highest BCUT2D eigenvalue weighted by atomic mass is 16.6. The number of rotatable bonds is 5. The molecule has 2 aromatic carbocycles. The summed E-state index contributed by atoms with van der Waals surface area (Å²) in [6, 6.07) is 24.3. The zero-order chi connectivity index (χ0) is 26.3. The van der Waals surface area contributed by atoms with Crippen LogP contribution < -0.4 is 5.32 Å². The Labute approximate surface area is 221 Å². The predicted octanol–water partition coefficient (Wildman–Crippen LogP) is 6.15. The average Bonchev–Trinajstić information content (AvgIpc) is 3.54. The van der Waals surface area contributed by atoms with E-state index >= 15 is 0 Å². The first kappa shape index (κ1) is 23.9. The van der Waals surface area contributed by atoms with Crippen LogP contribution in [0.2, 0.25) is 0 Å². The molecule has 1 N–H and O–H groups in total. The summed E-state index contributed by atoms with van der Waals surface area (Å²) in [6.45, 7) is 5.63. The van der Waals surface area contributed by atoms with Gasteiger partial charge in [-0.3, -0.25) is 0 Å². The molecule has 192 valence electrons. The fourth-order valence-corrected chi connectivity index (χ4v) is 4.97. The Bertz CT molecular complexity index is 1580. The van der Waals surface area contributed by atoms with Crippen molar-refractivity contribution in [2.24, 2.45) is 0 Å². The van der Waals surface area contributed by atoms with Crippen LogP contribution in [0.25, 0.3) is 34.0 Å². The Balaban J connectivity index is 1.39. The third-order valence-corrected chi connectivity index (χ3v) is 6.91. The highest BCUT2D eigenvalue weighted by Gasteiger charge is 2.41. The third kappa shape index (κ3) is 4.42. The van der Waals surface area contributed by atoms with Gasteiger partial charge in [0.05, 0.1) is 11.2 Å². The Morgan fingerprint density at radius 3 is 2.34 bits per heavy atom. The van der Waals surface area contributed by atoms with Gasteiger partial charge in [0.15, 0.2) is 11.5 Å². The number of imidazole rings is 1. The summed E-state index contributed by atoms with van der Waals surface area (Å²) >= 11 is 0. The maximum absolute atomic E-state index is 12.6. The number of hydrogen-bond acceptors (Lipinski definition) is 5. The van der Waals surface area contributed by atoms with Crippen LogP contribution in [0.1, 0.15) is 45.6 Å². The molecule has 0 unspecified atom stereocenters. The van der Waals surface area contributed by atoms with E-state index in [1.54, 1.807) is 10.9 Å². The van der Waals surface area contributed by atoms with Gasteiger partial charge in [-0.05, 0) is 63.8 Å². The third-order valence-electron chi connectivity index (χ3n) is 6.91. The summed E-state index contributed by atoms with van der Waals surface area (Å²) in [4.78, 5) is 17.6. The first-order valence-corrected chi connectivity index (χ1v) is 12.9. The van der Waals surface area contributed by atoms with Crippen LogP contribution in [0.4, 0.5) is 4.79 Å². The van der Waals surface area contributed by atoms with Crippen LogP contribution in [0.3, 0.4) is 0 Å². The standard InChI is InChI=1S/C30H30N6O2/c1-29(2,3)38-28(37)33-30(17-7-18-30)23-13-11-21(12-14-23)26-27(22-9-5-4-6-10-22)36-24(32-26)15-16-25(34-36)35-20-8-19-31-35/h4-6,8-16,19-20H,7,17-18H2,1-3H3,(H,33,37). The molecule has 1 amide bonds. The van der Waals surface area contributed by atoms with Crippen molar-refractivity contribution in [3.05, 3.63) is 90.8 Å². The minimum Gasteiger partial charge on any atom is -0.444 e. The summed E-state index contributed by atoms with van der Waals surface area (Å²) in [5.41, 5.74) is 4.63. The zero-order valence-corrected chi connectivity index (χ0v) is 21.8. The second kappa shape index (κ2) is 9.13. The monoisotopic (exact) mass is 506 g/mol. The number of ether oxygens (including phenoxy) is 1. The van der Waals surface area contributed by atoms with Gasteiger partial charge in [0, 0.05) is 23.5 Å². The molecule has 8 heteroatoms. The van der Waals surface area contributed by atoms with Gasteiger partial charge >= 0.3 is 6.09 Å². The van der Waals surface area contributed by atoms with Crippen molar-refractivity contribution in [1.29, 1.82) is 0 Å². The van der Waals surface area contributed by atoms with Crippen LogP contribution >= 0.6 is 0 Å². The van der Waals surface area contributed by atoms with Crippen molar-refractivity contribution in [2.45, 2.75) is 51.2 Å². The quantitative estimate of drug-likeness (QED) is 0.309. The molecule has 0 aliphatic heterocycles. The summed E-state index contributed by atoms with van der Waals surface area (Å²) in [5.74, 6) is 0.708. The number of carbonyl (C=O) groups excluding carboxylic acids is 1. The molecule has 0 radical (unpaired) electrons. The van der Waals surface area contributed by atoms with E-state index in [1.165, 1.54) is 0 Å². The summed E-state index contributed by atoms with van der Waals surface area (Å²) in [6.07, 6.45) is 6.05. The number of carbonyl (C=O) groups is 1. The lowest BCUT2D eigenvalue weighted by atomic mass is 9.71. The number of aromatic nitrogens is 5. The number of benzene rings is 2. The second-order valence-electron chi connectivity index (χ2n) is 10.7. The molecule has 6 rings (SSSR count). The molecule has 5 aromatic rings. The molecule has 0 atom stereocenters. The minimum absolute atomic E-state index is 0.382. The fourth-order valence-electron chi connectivity index (χ4n) is 4.97. The maximum Gasteiger partial charge on any atom is 0.408 e. The van der Waals surface area contributed by atoms with Crippen molar-refractivity contribution in [3.8, 4) is 28.3 Å². The summed E-state index contributed by atoms with van der Waals surface area (Å²) in [7, 11) is 0. The highest BCUT2D eigenvalue weighted by Crippen LogP contribution is 2.42. The van der Waals surface area contributed by atoms with Gasteiger partial charge in [-0.1, -0.05) is 54.6 Å². The molecule has 1 aliphatic carbocycles. The molecule has 1 aliphatic rings. The minimum atomic E-state index is -0.541. The Kier molecular flexibility index (Phi) is 5.75. The lowest BCUT2D eigenvalue weighted by Gasteiger charge is -2.43. The number of nitrogens with zero attached hydrogens (tertiary/aromatic N) is 5. The van der Waals surface area contributed by atoms with Crippen LogP contribution in [0.5, 0.6) is 0 Å². The van der Waals surface area contributed by atoms with Crippen molar-refractivity contribution in [3.63, 3.8) is 0 Å². The molecule has 0 bridgehead atoms. The van der Waals surface area contributed by atoms with Crippen molar-refractivity contribution in [1.82, 2.24) is 29.7 Å². The molecule has 1 fully saturated rings. The van der Waals surface area contributed by atoms with Crippen LogP contribution in [0, 0.1) is 0 Å². The van der Waals surface area contributed by atoms with E-state index in [4.69, 9.17) is 14.8 Å². The number of amides is 1. The van der Waals surface area contributed by atoms with E-state index in [2.05, 4.69) is 46.8 Å². The SMILES string of the molecule is CC(C)(C)OC(=O)NC1(c2ccc(-c3nc4ccc(-n5cccn5)nn4c3-c3ccccc3)cc2)CCC1. The Hall–Kier alpha value is -4.46. The van der Waals surface area contributed by atoms with Crippen molar-refractivity contribution >= 4 is 11.7 Å². The normalized spacial score (nSPS) is 14.7. The van der Waals surface area contributed by atoms with Crippen LogP contribution in [-0.4, -0.2) is 36.1 Å². The summed E-state index contributed by atoms with van der Waals surface area (Å²) < 4.78 is 9.16. The molecule has 0 saturated heterocycles. The molecule has 0 spiro atoms. The first-order valence-electron chi connectivity index (χ1n) is 12.9. The smallest absolute Gasteiger partial charge is 0.408 e. The largest absolute Gasteiger partial charge is 0.444 e. The van der Waals surface area contributed by atoms with E-state index in [0.29, 0.717) is 5.82 Å². The highest BCUT2D eigenvalue weighted by molar-refractivity contribution is 5.82. The fraction of sp³-hybridized carbons (Fsp3) is 0.267. The summed E-state index contributed by atoms with van der Waals surface area (Å²) in [5, 5.41) is 12.3. The van der Waals surface area contributed by atoms with Gasteiger partial charge in [0.2, 0.25) is 0 Å². The van der Waals surface area contributed by atoms with E-state index < -0.39 is 11.1 Å². The van der Waals surface area contributed by atoms with E-state index in [1.807, 2.05) is 67.9 Å². The molecule has 3 heterocycles. The number of alkyl carbamates (subject to hydrolysis) is 1. The van der Waals surface area contributed by atoms with Gasteiger partial charge in [-0.25, -0.2) is 19.0 Å². The molecule has 38 heavy (non-hydrogen) atoms. The molecule has 3 aromatic heterocycles. The number of nitrogens with one attached hydrogen (secondary N) is 1. The Morgan fingerprint density at radius 2 is 1.71 bits per heavy atom.